The van der Waals surface area contributed by atoms with Crippen LogP contribution in [0.15, 0.2) is 89.5 Å². The summed E-state index contributed by atoms with van der Waals surface area (Å²) in [6.07, 6.45) is 18.9. The van der Waals surface area contributed by atoms with Crippen LogP contribution in [0.25, 0.3) is 6.08 Å². The van der Waals surface area contributed by atoms with Crippen LogP contribution in [-0.4, -0.2) is 0 Å². The summed E-state index contributed by atoms with van der Waals surface area (Å²) in [5, 5.41) is 7.45. The Morgan fingerprint density at radius 2 is 1.42 bits per heavy atom. The molecule has 0 saturated carbocycles. The minimum absolute atomic E-state index is 0.672. The Bertz CT molecular complexity index is 578. The van der Waals surface area contributed by atoms with Crippen molar-refractivity contribution < 1.29 is 4.84 Å². The summed E-state index contributed by atoms with van der Waals surface area (Å²) < 4.78 is 0. The zero-order valence-corrected chi connectivity index (χ0v) is 10.4. The maximum atomic E-state index is 5.26. The van der Waals surface area contributed by atoms with E-state index in [9.17, 15) is 0 Å². The summed E-state index contributed by atoms with van der Waals surface area (Å²) >= 11 is 0. The number of allylic oxidation sites excluding steroid dienone is 8. The van der Waals surface area contributed by atoms with Crippen LogP contribution in [0.4, 0.5) is 0 Å². The predicted octanol–water partition coefficient (Wildman–Crippen LogP) is 4.64. The van der Waals surface area contributed by atoms with E-state index in [1.54, 1.807) is 12.3 Å². The molecule has 1 aliphatic rings. The fraction of sp³-hybridized carbons (Fsp3) is 0. The lowest BCUT2D eigenvalue weighted by Gasteiger charge is -2.00. The first-order valence-electron chi connectivity index (χ1n) is 5.96. The average molecular weight is 250 g/mol. The standard InChI is InChI=1S/C16H14N2O/c1-2-4-6-10-14-17-18-19-16-13-9-8-12-15(16)11-7-5-3-1/h1-14H. The fourth-order valence-electron chi connectivity index (χ4n) is 1.43. The summed E-state index contributed by atoms with van der Waals surface area (Å²) in [5.74, 6) is 0.672. The molecular formula is C16H14N2O. The van der Waals surface area contributed by atoms with Crippen molar-refractivity contribution in [3.63, 3.8) is 0 Å². The van der Waals surface area contributed by atoms with Crippen LogP contribution in [0.5, 0.6) is 5.75 Å². The molecule has 0 amide bonds. The van der Waals surface area contributed by atoms with Gasteiger partial charge >= 0.3 is 0 Å². The summed E-state index contributed by atoms with van der Waals surface area (Å²) in [4.78, 5) is 5.26. The Morgan fingerprint density at radius 3 is 2.26 bits per heavy atom. The highest BCUT2D eigenvalue weighted by molar-refractivity contribution is 5.58. The van der Waals surface area contributed by atoms with Gasteiger partial charge in [-0.2, -0.15) is 0 Å². The monoisotopic (exact) mass is 250 g/mol. The number of hydrogen-bond acceptors (Lipinski definition) is 3. The Kier molecular flexibility index (Phi) is 5.11. The van der Waals surface area contributed by atoms with E-state index in [0.29, 0.717) is 5.75 Å². The maximum Gasteiger partial charge on any atom is 0.167 e. The Hall–Kier alpha value is -2.68. The molecule has 0 aromatic heterocycles. The molecule has 3 heteroatoms. The number of fused-ring (bicyclic) bond motifs is 1. The Labute approximate surface area is 112 Å². The molecule has 0 atom stereocenters. The SMILES string of the molecule is C1=CC=CC=Cc2ccccc2ON=NC=CC=C1. The molecule has 1 aliphatic heterocycles. The molecule has 94 valence electrons. The van der Waals surface area contributed by atoms with Crippen LogP contribution in [0.3, 0.4) is 0 Å². The third kappa shape index (κ3) is 4.60. The quantitative estimate of drug-likeness (QED) is 0.660. The van der Waals surface area contributed by atoms with Crippen molar-refractivity contribution in [2.24, 2.45) is 10.4 Å². The van der Waals surface area contributed by atoms with Crippen molar-refractivity contribution in [1.29, 1.82) is 0 Å². The van der Waals surface area contributed by atoms with Gasteiger partial charge in [-0.25, -0.2) is 0 Å². The van der Waals surface area contributed by atoms with Crippen LogP contribution < -0.4 is 4.84 Å². The highest BCUT2D eigenvalue weighted by Crippen LogP contribution is 2.19. The molecule has 1 aromatic carbocycles. The molecule has 0 fully saturated rings. The van der Waals surface area contributed by atoms with Gasteiger partial charge in [0.15, 0.2) is 5.75 Å². The first-order chi connectivity index (χ1) is 9.47. The molecule has 0 unspecified atom stereocenters. The molecule has 1 heterocycles. The van der Waals surface area contributed by atoms with Crippen molar-refractivity contribution >= 4 is 6.08 Å². The van der Waals surface area contributed by atoms with E-state index in [-0.39, 0.29) is 0 Å². The van der Waals surface area contributed by atoms with Crippen molar-refractivity contribution in [3.05, 3.63) is 84.6 Å². The Morgan fingerprint density at radius 1 is 0.737 bits per heavy atom. The van der Waals surface area contributed by atoms with Gasteiger partial charge in [0.25, 0.3) is 0 Å². The summed E-state index contributed by atoms with van der Waals surface area (Å²) in [6.45, 7) is 0. The van der Waals surface area contributed by atoms with E-state index in [1.165, 1.54) is 0 Å². The van der Waals surface area contributed by atoms with Crippen LogP contribution >= 0.6 is 0 Å². The van der Waals surface area contributed by atoms with Gasteiger partial charge in [-0.1, -0.05) is 66.8 Å². The van der Waals surface area contributed by atoms with Crippen LogP contribution in [0, 0.1) is 0 Å². The van der Waals surface area contributed by atoms with Gasteiger partial charge in [-0.05, 0) is 12.1 Å². The second-order valence-electron chi connectivity index (χ2n) is 3.68. The molecular weight excluding hydrogens is 236 g/mol. The second-order valence-corrected chi connectivity index (χ2v) is 3.68. The van der Waals surface area contributed by atoms with E-state index in [1.807, 2.05) is 72.9 Å². The molecule has 1 aromatic rings. The van der Waals surface area contributed by atoms with Crippen LogP contribution in [-0.2, 0) is 0 Å². The number of rotatable bonds is 0. The van der Waals surface area contributed by atoms with Crippen LogP contribution in [0.1, 0.15) is 5.56 Å². The van der Waals surface area contributed by atoms with Gasteiger partial charge in [0.05, 0.1) is 6.20 Å². The van der Waals surface area contributed by atoms with Crippen molar-refractivity contribution in [2.75, 3.05) is 0 Å². The summed E-state index contributed by atoms with van der Waals surface area (Å²) in [5.41, 5.74) is 0.951. The number of nitrogens with zero attached hydrogens (tertiary/aromatic N) is 2. The Balaban J connectivity index is 2.26. The van der Waals surface area contributed by atoms with Crippen molar-refractivity contribution in [1.82, 2.24) is 0 Å². The molecule has 0 spiro atoms. The first-order valence-corrected chi connectivity index (χ1v) is 5.96. The van der Waals surface area contributed by atoms with Crippen LogP contribution in [0.2, 0.25) is 0 Å². The van der Waals surface area contributed by atoms with Crippen molar-refractivity contribution in [2.45, 2.75) is 0 Å². The topological polar surface area (TPSA) is 34.0 Å². The molecule has 19 heavy (non-hydrogen) atoms. The highest BCUT2D eigenvalue weighted by atomic mass is 16.6. The molecule has 0 bridgehead atoms. The number of hydrogen-bond donors (Lipinski definition) is 0. The van der Waals surface area contributed by atoms with Crippen molar-refractivity contribution in [3.8, 4) is 5.75 Å². The molecule has 0 N–H and O–H groups in total. The molecule has 0 radical (unpaired) electrons. The second kappa shape index (κ2) is 7.61. The molecule has 0 aliphatic carbocycles. The largest absolute Gasteiger partial charge is 0.339 e. The maximum absolute atomic E-state index is 5.26. The average Bonchev–Trinajstić information content (AvgIpc) is 2.45. The lowest BCUT2D eigenvalue weighted by molar-refractivity contribution is 0.311. The van der Waals surface area contributed by atoms with Gasteiger partial charge in [-0.15, -0.1) is 5.11 Å². The first kappa shape index (κ1) is 12.8. The number of para-hydroxylation sites is 1. The van der Waals surface area contributed by atoms with E-state index in [2.05, 4.69) is 10.4 Å². The third-order valence-electron chi connectivity index (χ3n) is 2.31. The lowest BCUT2D eigenvalue weighted by Crippen LogP contribution is -1.84. The lowest BCUT2D eigenvalue weighted by atomic mass is 10.2. The van der Waals surface area contributed by atoms with Gasteiger partial charge in [0.2, 0.25) is 0 Å². The normalized spacial score (nSPS) is 14.5. The van der Waals surface area contributed by atoms with Gasteiger partial charge < -0.3 is 4.84 Å². The zero-order chi connectivity index (χ0) is 13.2. The predicted molar refractivity (Wildman–Crippen MR) is 77.5 cm³/mol. The van der Waals surface area contributed by atoms with Gasteiger partial charge in [-0.3, -0.25) is 0 Å². The van der Waals surface area contributed by atoms with E-state index < -0.39 is 0 Å². The minimum Gasteiger partial charge on any atom is -0.339 e. The van der Waals surface area contributed by atoms with E-state index in [0.717, 1.165) is 5.56 Å². The zero-order valence-electron chi connectivity index (χ0n) is 10.4. The minimum atomic E-state index is 0.672. The van der Waals surface area contributed by atoms with Gasteiger partial charge in [0.1, 0.15) is 0 Å². The van der Waals surface area contributed by atoms with E-state index in [4.69, 9.17) is 4.84 Å². The van der Waals surface area contributed by atoms with Gasteiger partial charge in [0, 0.05) is 10.8 Å². The fourth-order valence-corrected chi connectivity index (χ4v) is 1.43. The summed E-state index contributed by atoms with van der Waals surface area (Å²) in [6, 6.07) is 7.66. The third-order valence-corrected chi connectivity index (χ3v) is 2.31. The highest BCUT2D eigenvalue weighted by Gasteiger charge is 1.98. The smallest absolute Gasteiger partial charge is 0.167 e. The van der Waals surface area contributed by atoms with E-state index >= 15 is 0 Å². The summed E-state index contributed by atoms with van der Waals surface area (Å²) in [7, 11) is 0. The molecule has 3 nitrogen and oxygen atoms in total. The number of benzene rings is 1. The molecule has 0 saturated heterocycles. The molecule has 2 rings (SSSR count).